The second-order valence-electron chi connectivity index (χ2n) is 8.65. The molecule has 0 saturated carbocycles. The molecule has 8 nitrogen and oxygen atoms in total. The van der Waals surface area contributed by atoms with Crippen molar-refractivity contribution in [3.63, 3.8) is 0 Å². The van der Waals surface area contributed by atoms with Crippen molar-refractivity contribution in [3.8, 4) is 11.6 Å². The Kier molecular flexibility index (Phi) is 8.10. The SMILES string of the molecule is COc1cc(I)cnc1OCC(=O)N1CCC(c2nc(C3=NOC(c4c(F)cccc4Cl)C3)cs2)CC1. The average Bonchev–Trinajstić information content (AvgIpc) is 3.58. The summed E-state index contributed by atoms with van der Waals surface area (Å²) in [5, 5.41) is 7.43. The maximum absolute atomic E-state index is 14.3. The smallest absolute Gasteiger partial charge is 0.260 e. The number of piperidine rings is 1. The van der Waals surface area contributed by atoms with Gasteiger partial charge in [-0.1, -0.05) is 22.8 Å². The fourth-order valence-corrected chi connectivity index (χ4v) is 6.08. The minimum atomic E-state index is -0.569. The number of nitrogens with zero attached hydrogens (tertiary/aromatic N) is 4. The predicted octanol–water partition coefficient (Wildman–Crippen LogP) is 5.59. The number of ether oxygens (including phenoxy) is 2. The molecule has 194 valence electrons. The highest BCUT2D eigenvalue weighted by Crippen LogP contribution is 2.37. The molecule has 1 saturated heterocycles. The molecule has 0 spiro atoms. The Morgan fingerprint density at radius 2 is 2.16 bits per heavy atom. The highest BCUT2D eigenvalue weighted by atomic mass is 127. The Morgan fingerprint density at radius 3 is 2.92 bits per heavy atom. The number of aromatic nitrogens is 2. The van der Waals surface area contributed by atoms with Crippen LogP contribution in [0.25, 0.3) is 0 Å². The Bertz CT molecular complexity index is 1310. The normalized spacial score (nSPS) is 17.9. The molecular weight excluding hydrogens is 634 g/mol. The number of amides is 1. The van der Waals surface area contributed by atoms with Crippen LogP contribution in [0.2, 0.25) is 5.02 Å². The lowest BCUT2D eigenvalue weighted by Crippen LogP contribution is -2.40. The molecule has 0 radical (unpaired) electrons. The van der Waals surface area contributed by atoms with Crippen molar-refractivity contribution >= 4 is 57.1 Å². The third-order valence-electron chi connectivity index (χ3n) is 6.34. The van der Waals surface area contributed by atoms with Crippen LogP contribution < -0.4 is 9.47 Å². The van der Waals surface area contributed by atoms with Crippen LogP contribution >= 0.6 is 45.5 Å². The maximum atomic E-state index is 14.3. The molecule has 12 heteroatoms. The lowest BCUT2D eigenvalue weighted by atomic mass is 9.97. The van der Waals surface area contributed by atoms with E-state index in [0.717, 1.165) is 27.1 Å². The summed E-state index contributed by atoms with van der Waals surface area (Å²) >= 11 is 9.89. The number of methoxy groups -OCH3 is 1. The van der Waals surface area contributed by atoms with Crippen molar-refractivity contribution in [2.45, 2.75) is 31.3 Å². The summed E-state index contributed by atoms with van der Waals surface area (Å²) < 4.78 is 26.1. The van der Waals surface area contributed by atoms with Gasteiger partial charge in [0.25, 0.3) is 11.8 Å². The number of oxime groups is 1. The van der Waals surface area contributed by atoms with Gasteiger partial charge in [-0.3, -0.25) is 4.79 Å². The van der Waals surface area contributed by atoms with Crippen LogP contribution in [-0.2, 0) is 9.63 Å². The lowest BCUT2D eigenvalue weighted by Gasteiger charge is -2.31. The van der Waals surface area contributed by atoms with Gasteiger partial charge in [0.2, 0.25) is 0 Å². The van der Waals surface area contributed by atoms with Crippen molar-refractivity contribution in [1.29, 1.82) is 0 Å². The zero-order chi connectivity index (χ0) is 25.9. The lowest BCUT2D eigenvalue weighted by molar-refractivity contribution is -0.134. The van der Waals surface area contributed by atoms with E-state index < -0.39 is 11.9 Å². The number of benzene rings is 1. The number of pyridine rings is 1. The van der Waals surface area contributed by atoms with Gasteiger partial charge in [-0.05, 0) is 47.6 Å². The van der Waals surface area contributed by atoms with Crippen LogP contribution in [-0.4, -0.2) is 53.3 Å². The van der Waals surface area contributed by atoms with Gasteiger partial charge in [0.05, 0.1) is 22.8 Å². The molecular formula is C25H23ClFIN4O4S. The molecule has 0 bridgehead atoms. The van der Waals surface area contributed by atoms with E-state index in [1.54, 1.807) is 42.8 Å². The van der Waals surface area contributed by atoms with Crippen molar-refractivity contribution in [2.75, 3.05) is 26.8 Å². The van der Waals surface area contributed by atoms with E-state index in [0.29, 0.717) is 47.4 Å². The number of halogens is 3. The molecule has 1 unspecified atom stereocenters. The van der Waals surface area contributed by atoms with Gasteiger partial charge in [-0.25, -0.2) is 14.4 Å². The van der Waals surface area contributed by atoms with Gasteiger partial charge in [-0.15, -0.1) is 11.3 Å². The van der Waals surface area contributed by atoms with E-state index in [9.17, 15) is 9.18 Å². The number of carbonyl (C=O) groups is 1. The zero-order valence-electron chi connectivity index (χ0n) is 19.8. The number of hydrogen-bond donors (Lipinski definition) is 0. The summed E-state index contributed by atoms with van der Waals surface area (Å²) in [6.07, 6.45) is 3.10. The third-order valence-corrected chi connectivity index (χ3v) is 8.27. The van der Waals surface area contributed by atoms with Crippen LogP contribution in [0.1, 0.15) is 47.5 Å². The van der Waals surface area contributed by atoms with Crippen LogP contribution in [0.3, 0.4) is 0 Å². The summed E-state index contributed by atoms with van der Waals surface area (Å²) in [6.45, 7) is 1.15. The van der Waals surface area contributed by atoms with E-state index in [4.69, 9.17) is 30.9 Å². The second kappa shape index (κ2) is 11.5. The summed E-state index contributed by atoms with van der Waals surface area (Å²) in [6, 6.07) is 6.37. The maximum Gasteiger partial charge on any atom is 0.260 e. The summed E-state index contributed by atoms with van der Waals surface area (Å²) in [4.78, 5) is 29.0. The second-order valence-corrected chi connectivity index (χ2v) is 11.2. The van der Waals surface area contributed by atoms with Gasteiger partial charge in [0.1, 0.15) is 11.5 Å². The Hall–Kier alpha value is -2.51. The van der Waals surface area contributed by atoms with E-state index in [-0.39, 0.29) is 18.4 Å². The Balaban J connectivity index is 1.14. The molecule has 1 atom stereocenters. The van der Waals surface area contributed by atoms with E-state index in [1.165, 1.54) is 6.07 Å². The van der Waals surface area contributed by atoms with Crippen molar-refractivity contribution in [1.82, 2.24) is 14.9 Å². The minimum absolute atomic E-state index is 0.0870. The molecule has 1 fully saturated rings. The molecule has 2 aromatic heterocycles. The van der Waals surface area contributed by atoms with Gasteiger partial charge in [0.15, 0.2) is 18.5 Å². The largest absolute Gasteiger partial charge is 0.491 e. The molecule has 0 N–H and O–H groups in total. The molecule has 0 aliphatic carbocycles. The minimum Gasteiger partial charge on any atom is -0.491 e. The number of rotatable bonds is 7. The van der Waals surface area contributed by atoms with Crippen molar-refractivity contribution < 1.29 is 23.5 Å². The van der Waals surface area contributed by atoms with Crippen LogP contribution in [0.5, 0.6) is 11.6 Å². The third kappa shape index (κ3) is 5.83. The molecule has 3 aromatic rings. The van der Waals surface area contributed by atoms with E-state index >= 15 is 0 Å². The fraction of sp³-hybridized carbons (Fsp3) is 0.360. The predicted molar refractivity (Wildman–Crippen MR) is 146 cm³/mol. The quantitative estimate of drug-likeness (QED) is 0.308. The van der Waals surface area contributed by atoms with Crippen molar-refractivity contribution in [3.05, 3.63) is 66.5 Å². The Labute approximate surface area is 235 Å². The molecule has 4 heterocycles. The zero-order valence-corrected chi connectivity index (χ0v) is 23.6. The van der Waals surface area contributed by atoms with Gasteiger partial charge in [0, 0.05) is 52.2 Å². The van der Waals surface area contributed by atoms with E-state index in [2.05, 4.69) is 32.7 Å². The first-order chi connectivity index (χ1) is 17.9. The van der Waals surface area contributed by atoms with Gasteiger partial charge >= 0.3 is 0 Å². The number of likely N-dealkylation sites (tertiary alicyclic amines) is 1. The first kappa shape index (κ1) is 26.1. The highest BCUT2D eigenvalue weighted by molar-refractivity contribution is 14.1. The summed E-state index contributed by atoms with van der Waals surface area (Å²) in [7, 11) is 1.54. The standard InChI is InChI=1S/C25H23ClFIN4O4S/c1-34-21-9-15(28)11-29-24(21)35-12-22(33)32-7-5-14(6-8-32)25-30-19(13-37-25)18-10-20(36-31-18)23-16(26)3-2-4-17(23)27/h2-4,9,11,13-14,20H,5-8,10,12H2,1H3. The van der Waals surface area contributed by atoms with Crippen molar-refractivity contribution in [2.24, 2.45) is 5.16 Å². The number of hydrogen-bond acceptors (Lipinski definition) is 8. The summed E-state index contributed by atoms with van der Waals surface area (Å²) in [5.41, 5.74) is 1.73. The summed E-state index contributed by atoms with van der Waals surface area (Å²) in [5.74, 6) is 0.560. The van der Waals surface area contributed by atoms with Crippen LogP contribution in [0.4, 0.5) is 4.39 Å². The monoisotopic (exact) mass is 656 g/mol. The highest BCUT2D eigenvalue weighted by Gasteiger charge is 2.31. The molecule has 1 aromatic carbocycles. The number of thiazole rings is 1. The fourth-order valence-electron chi connectivity index (χ4n) is 4.37. The first-order valence-corrected chi connectivity index (χ1v) is 14.0. The molecule has 37 heavy (non-hydrogen) atoms. The molecule has 5 rings (SSSR count). The van der Waals surface area contributed by atoms with Gasteiger partial charge < -0.3 is 19.2 Å². The molecule has 2 aliphatic heterocycles. The van der Waals surface area contributed by atoms with E-state index in [1.807, 2.05) is 10.3 Å². The molecule has 2 aliphatic rings. The Morgan fingerprint density at radius 1 is 1.35 bits per heavy atom. The first-order valence-electron chi connectivity index (χ1n) is 11.7. The van der Waals surface area contributed by atoms with Crippen LogP contribution in [0.15, 0.2) is 41.0 Å². The van der Waals surface area contributed by atoms with Crippen LogP contribution in [0, 0.1) is 9.39 Å². The molecule has 1 amide bonds. The topological polar surface area (TPSA) is 86.1 Å². The number of carbonyl (C=O) groups excluding carboxylic acids is 1. The van der Waals surface area contributed by atoms with Gasteiger partial charge in [-0.2, -0.15) is 0 Å². The average molecular weight is 657 g/mol.